The molecule has 0 N–H and O–H groups in total. The van der Waals surface area contributed by atoms with Crippen molar-refractivity contribution in [3.8, 4) is 0 Å². The number of hydrogen-bond acceptors (Lipinski definition) is 4. The van der Waals surface area contributed by atoms with Crippen LogP contribution in [-0.4, -0.2) is 31.6 Å². The van der Waals surface area contributed by atoms with Crippen molar-refractivity contribution in [3.05, 3.63) is 0 Å². The number of esters is 1. The Kier molecular flexibility index (Phi) is 9.11. The van der Waals surface area contributed by atoms with E-state index in [4.69, 9.17) is 14.2 Å². The zero-order chi connectivity index (χ0) is 17.1. The van der Waals surface area contributed by atoms with Gasteiger partial charge >= 0.3 is 5.97 Å². The molecule has 2 aliphatic rings. The van der Waals surface area contributed by atoms with E-state index < -0.39 is 0 Å². The van der Waals surface area contributed by atoms with Crippen LogP contribution in [0.15, 0.2) is 0 Å². The highest BCUT2D eigenvalue weighted by Crippen LogP contribution is 2.39. The molecule has 1 heterocycles. The third-order valence-corrected chi connectivity index (χ3v) is 5.48. The molecule has 1 aliphatic carbocycles. The van der Waals surface area contributed by atoms with E-state index in [0.29, 0.717) is 13.0 Å². The molecule has 1 saturated heterocycles. The fraction of sp³-hybridized carbons (Fsp3) is 0.950. The molecule has 140 valence electrons. The van der Waals surface area contributed by atoms with Crippen LogP contribution in [0.2, 0.25) is 0 Å². The van der Waals surface area contributed by atoms with E-state index in [9.17, 15) is 4.79 Å². The van der Waals surface area contributed by atoms with Crippen molar-refractivity contribution in [1.82, 2.24) is 0 Å². The summed E-state index contributed by atoms with van der Waals surface area (Å²) in [6.07, 6.45) is 15.4. The molecule has 0 aromatic carbocycles. The number of rotatable bonds is 11. The van der Waals surface area contributed by atoms with Gasteiger partial charge in [0.25, 0.3) is 0 Å². The molecule has 24 heavy (non-hydrogen) atoms. The Hall–Kier alpha value is -0.610. The number of carbonyl (C=O) groups excluding carboxylic acids is 1. The summed E-state index contributed by atoms with van der Waals surface area (Å²) in [4.78, 5) is 11.2. The highest BCUT2D eigenvalue weighted by atomic mass is 16.7. The molecular formula is C20H36O4. The monoisotopic (exact) mass is 340 g/mol. The standard InChI is InChI=1S/C20H36O4/c1-2-22-19(21)11-9-7-5-3-4-6-8-10-18-12-14-20(15-13-18)23-16-17-24-20/h18H,2-17H2,1H3. The van der Waals surface area contributed by atoms with Gasteiger partial charge in [-0.15, -0.1) is 0 Å². The van der Waals surface area contributed by atoms with Crippen LogP contribution in [0.3, 0.4) is 0 Å². The maximum Gasteiger partial charge on any atom is 0.305 e. The first-order valence-electron chi connectivity index (χ1n) is 10.2. The van der Waals surface area contributed by atoms with Crippen molar-refractivity contribution >= 4 is 5.97 Å². The normalized spacial score (nSPS) is 20.5. The van der Waals surface area contributed by atoms with Crippen LogP contribution in [0.4, 0.5) is 0 Å². The van der Waals surface area contributed by atoms with Gasteiger partial charge in [0.1, 0.15) is 0 Å². The Morgan fingerprint density at radius 3 is 2.17 bits per heavy atom. The third-order valence-electron chi connectivity index (χ3n) is 5.48. The van der Waals surface area contributed by atoms with E-state index in [1.54, 1.807) is 0 Å². The average molecular weight is 341 g/mol. The van der Waals surface area contributed by atoms with Gasteiger partial charge in [-0.3, -0.25) is 4.79 Å². The van der Waals surface area contributed by atoms with Gasteiger partial charge in [-0.2, -0.15) is 0 Å². The first-order chi connectivity index (χ1) is 11.7. The van der Waals surface area contributed by atoms with Crippen LogP contribution in [-0.2, 0) is 19.0 Å². The van der Waals surface area contributed by atoms with Gasteiger partial charge in [-0.05, 0) is 32.1 Å². The molecular weight excluding hydrogens is 304 g/mol. The molecule has 2 rings (SSSR count). The summed E-state index contributed by atoms with van der Waals surface area (Å²) in [7, 11) is 0. The summed E-state index contributed by atoms with van der Waals surface area (Å²) in [5, 5.41) is 0. The molecule has 0 unspecified atom stereocenters. The Morgan fingerprint density at radius 2 is 1.54 bits per heavy atom. The molecule has 4 heteroatoms. The van der Waals surface area contributed by atoms with Crippen LogP contribution in [0.1, 0.15) is 90.4 Å². The zero-order valence-corrected chi connectivity index (χ0v) is 15.5. The van der Waals surface area contributed by atoms with E-state index in [2.05, 4.69) is 0 Å². The van der Waals surface area contributed by atoms with Crippen LogP contribution < -0.4 is 0 Å². The Balaban J connectivity index is 1.36. The smallest absolute Gasteiger partial charge is 0.305 e. The largest absolute Gasteiger partial charge is 0.466 e. The van der Waals surface area contributed by atoms with Gasteiger partial charge in [-0.1, -0.05) is 44.9 Å². The summed E-state index contributed by atoms with van der Waals surface area (Å²) in [5.74, 6) is 0.647. The Bertz CT molecular complexity index is 340. The zero-order valence-electron chi connectivity index (χ0n) is 15.5. The van der Waals surface area contributed by atoms with Crippen molar-refractivity contribution in [2.45, 2.75) is 96.2 Å². The average Bonchev–Trinajstić information content (AvgIpc) is 3.03. The number of ether oxygens (including phenoxy) is 3. The van der Waals surface area contributed by atoms with E-state index in [-0.39, 0.29) is 11.8 Å². The third kappa shape index (κ3) is 7.10. The molecule has 0 aromatic heterocycles. The molecule has 1 aliphatic heterocycles. The second-order valence-electron chi connectivity index (χ2n) is 7.37. The van der Waals surface area contributed by atoms with Crippen LogP contribution >= 0.6 is 0 Å². The Morgan fingerprint density at radius 1 is 0.958 bits per heavy atom. The summed E-state index contributed by atoms with van der Waals surface area (Å²) >= 11 is 0. The molecule has 1 saturated carbocycles. The van der Waals surface area contributed by atoms with E-state index >= 15 is 0 Å². The lowest BCUT2D eigenvalue weighted by atomic mass is 9.82. The predicted octanol–water partition coefficient (Wildman–Crippen LogP) is 4.99. The SMILES string of the molecule is CCOC(=O)CCCCCCCCCC1CCC2(CC1)OCCO2. The van der Waals surface area contributed by atoms with Crippen molar-refractivity contribution in [2.24, 2.45) is 5.92 Å². The van der Waals surface area contributed by atoms with Crippen molar-refractivity contribution in [3.63, 3.8) is 0 Å². The summed E-state index contributed by atoms with van der Waals surface area (Å²) < 4.78 is 16.5. The number of carbonyl (C=O) groups is 1. The Labute approximate surface area is 147 Å². The highest BCUT2D eigenvalue weighted by molar-refractivity contribution is 5.69. The molecule has 0 amide bonds. The molecule has 4 nitrogen and oxygen atoms in total. The molecule has 0 bridgehead atoms. The number of hydrogen-bond donors (Lipinski definition) is 0. The maximum atomic E-state index is 11.2. The van der Waals surface area contributed by atoms with Crippen molar-refractivity contribution < 1.29 is 19.0 Å². The van der Waals surface area contributed by atoms with Gasteiger partial charge in [0.15, 0.2) is 5.79 Å². The fourth-order valence-electron chi connectivity index (χ4n) is 4.01. The molecule has 2 fully saturated rings. The van der Waals surface area contributed by atoms with Crippen LogP contribution in [0, 0.1) is 5.92 Å². The topological polar surface area (TPSA) is 44.8 Å². The molecule has 0 aromatic rings. The molecule has 1 spiro atoms. The van der Waals surface area contributed by atoms with Gasteiger partial charge in [0.2, 0.25) is 0 Å². The van der Waals surface area contributed by atoms with Crippen molar-refractivity contribution in [2.75, 3.05) is 19.8 Å². The predicted molar refractivity (Wildman–Crippen MR) is 94.8 cm³/mol. The lowest BCUT2D eigenvalue weighted by Crippen LogP contribution is -2.35. The minimum Gasteiger partial charge on any atom is -0.466 e. The minimum atomic E-state index is -0.194. The number of unbranched alkanes of at least 4 members (excludes halogenated alkanes) is 6. The molecule has 0 radical (unpaired) electrons. The summed E-state index contributed by atoms with van der Waals surface area (Å²) in [6.45, 7) is 3.93. The maximum absolute atomic E-state index is 11.2. The van der Waals surface area contributed by atoms with Crippen molar-refractivity contribution in [1.29, 1.82) is 0 Å². The van der Waals surface area contributed by atoms with Gasteiger partial charge in [-0.25, -0.2) is 0 Å². The second kappa shape index (κ2) is 11.1. The minimum absolute atomic E-state index is 0.0415. The van der Waals surface area contributed by atoms with Crippen LogP contribution in [0.5, 0.6) is 0 Å². The van der Waals surface area contributed by atoms with Gasteiger partial charge in [0.05, 0.1) is 19.8 Å². The first kappa shape index (κ1) is 19.7. The lowest BCUT2D eigenvalue weighted by Gasteiger charge is -2.35. The van der Waals surface area contributed by atoms with E-state index in [1.165, 1.54) is 51.4 Å². The lowest BCUT2D eigenvalue weighted by molar-refractivity contribution is -0.182. The quantitative estimate of drug-likeness (QED) is 0.392. The van der Waals surface area contributed by atoms with E-state index in [0.717, 1.165) is 44.8 Å². The van der Waals surface area contributed by atoms with E-state index in [1.807, 2.05) is 6.92 Å². The summed E-state index contributed by atoms with van der Waals surface area (Å²) in [6, 6.07) is 0. The fourth-order valence-corrected chi connectivity index (χ4v) is 4.01. The first-order valence-corrected chi connectivity index (χ1v) is 10.2. The molecule has 0 atom stereocenters. The second-order valence-corrected chi connectivity index (χ2v) is 7.37. The van der Waals surface area contributed by atoms with Crippen LogP contribution in [0.25, 0.3) is 0 Å². The highest BCUT2D eigenvalue weighted by Gasteiger charge is 2.39. The van der Waals surface area contributed by atoms with Gasteiger partial charge < -0.3 is 14.2 Å². The van der Waals surface area contributed by atoms with Gasteiger partial charge in [0, 0.05) is 19.3 Å². The summed E-state index contributed by atoms with van der Waals surface area (Å²) in [5.41, 5.74) is 0.